The molecule has 0 N–H and O–H groups in total. The fraction of sp³-hybridized carbons (Fsp3) is 0.737. The lowest BCUT2D eigenvalue weighted by Crippen LogP contribution is -2.47. The summed E-state index contributed by atoms with van der Waals surface area (Å²) >= 11 is 1.88. The van der Waals surface area contributed by atoms with E-state index in [-0.39, 0.29) is 11.0 Å². The predicted molar refractivity (Wildman–Crippen MR) is 96.7 cm³/mol. The highest BCUT2D eigenvalue weighted by molar-refractivity contribution is 7.10. The molecular weight excluding hydrogens is 304 g/mol. The van der Waals surface area contributed by atoms with Crippen LogP contribution in [0.5, 0.6) is 0 Å². The Hall–Kier alpha value is -0.870. The normalized spacial score (nSPS) is 31.5. The third-order valence-electron chi connectivity index (χ3n) is 6.16. The summed E-state index contributed by atoms with van der Waals surface area (Å²) in [5, 5.41) is 2.19. The van der Waals surface area contributed by atoms with E-state index >= 15 is 0 Å². The molecule has 1 spiro atoms. The Morgan fingerprint density at radius 1 is 1.26 bits per heavy atom. The summed E-state index contributed by atoms with van der Waals surface area (Å²) < 4.78 is 0. The van der Waals surface area contributed by atoms with Crippen LogP contribution in [0, 0.1) is 5.41 Å². The molecule has 1 aliphatic heterocycles. The number of hydrogen-bond donors (Lipinski definition) is 0. The quantitative estimate of drug-likeness (QED) is 0.809. The van der Waals surface area contributed by atoms with Crippen LogP contribution in [0.25, 0.3) is 0 Å². The monoisotopic (exact) mass is 334 g/mol. The first kappa shape index (κ1) is 17.0. The van der Waals surface area contributed by atoms with E-state index in [1.54, 1.807) is 0 Å². The number of hydrogen-bond acceptors (Lipinski definition) is 3. The second-order valence-electron chi connectivity index (χ2n) is 7.75. The van der Waals surface area contributed by atoms with Gasteiger partial charge in [-0.3, -0.25) is 9.69 Å². The molecule has 0 atom stereocenters. The van der Waals surface area contributed by atoms with E-state index in [2.05, 4.69) is 48.3 Å². The molecule has 4 heteroatoms. The van der Waals surface area contributed by atoms with Gasteiger partial charge in [-0.15, -0.1) is 11.3 Å². The number of unbranched alkanes of at least 4 members (excludes halogenated alkanes) is 1. The molecule has 3 nitrogen and oxygen atoms in total. The van der Waals surface area contributed by atoms with E-state index in [0.29, 0.717) is 5.91 Å². The van der Waals surface area contributed by atoms with Crippen molar-refractivity contribution in [2.45, 2.75) is 57.4 Å². The Balaban J connectivity index is 1.71. The van der Waals surface area contributed by atoms with Crippen LogP contribution >= 0.6 is 11.3 Å². The van der Waals surface area contributed by atoms with Gasteiger partial charge in [-0.05, 0) is 63.1 Å². The molecule has 1 aromatic rings. The Labute approximate surface area is 144 Å². The summed E-state index contributed by atoms with van der Waals surface area (Å²) in [7, 11) is 4.43. The van der Waals surface area contributed by atoms with Crippen molar-refractivity contribution in [2.75, 3.05) is 27.2 Å². The van der Waals surface area contributed by atoms with E-state index in [0.717, 1.165) is 25.9 Å². The Morgan fingerprint density at radius 3 is 2.57 bits per heavy atom. The van der Waals surface area contributed by atoms with Gasteiger partial charge in [0.15, 0.2) is 0 Å². The van der Waals surface area contributed by atoms with Gasteiger partial charge in [0.1, 0.15) is 0 Å². The number of nitrogens with zero attached hydrogens (tertiary/aromatic N) is 2. The van der Waals surface area contributed by atoms with Crippen molar-refractivity contribution in [3.63, 3.8) is 0 Å². The Kier molecular flexibility index (Phi) is 4.84. The SMILES string of the molecule is CCCCN1CC2(CCC(c3cccs3)(N(C)C)CC2)CC1=O. The highest BCUT2D eigenvalue weighted by Crippen LogP contribution is 2.52. The third kappa shape index (κ3) is 3.08. The van der Waals surface area contributed by atoms with Gasteiger partial charge >= 0.3 is 0 Å². The first-order valence-electron chi connectivity index (χ1n) is 9.01. The minimum atomic E-state index is 0.180. The zero-order valence-electron chi connectivity index (χ0n) is 14.8. The average molecular weight is 335 g/mol. The first-order chi connectivity index (χ1) is 11.0. The van der Waals surface area contributed by atoms with E-state index in [1.807, 2.05) is 11.3 Å². The molecule has 3 rings (SSSR count). The topological polar surface area (TPSA) is 23.6 Å². The van der Waals surface area contributed by atoms with Crippen LogP contribution in [0.3, 0.4) is 0 Å². The first-order valence-corrected chi connectivity index (χ1v) is 9.89. The molecule has 128 valence electrons. The van der Waals surface area contributed by atoms with Gasteiger partial charge in [-0.2, -0.15) is 0 Å². The number of rotatable bonds is 5. The molecular formula is C19H30N2OS. The number of carbonyl (C=O) groups excluding carboxylic acids is 1. The molecule has 2 aliphatic rings. The largest absolute Gasteiger partial charge is 0.342 e. The molecule has 1 saturated carbocycles. The molecule has 2 fully saturated rings. The van der Waals surface area contributed by atoms with Crippen LogP contribution in [0.2, 0.25) is 0 Å². The summed E-state index contributed by atoms with van der Waals surface area (Å²) in [6, 6.07) is 4.46. The molecule has 0 radical (unpaired) electrons. The molecule has 2 heterocycles. The number of thiophene rings is 1. The van der Waals surface area contributed by atoms with Gasteiger partial charge < -0.3 is 4.90 Å². The molecule has 1 saturated heterocycles. The lowest BCUT2D eigenvalue weighted by Gasteiger charge is -2.48. The van der Waals surface area contributed by atoms with Crippen LogP contribution in [0.1, 0.15) is 56.7 Å². The number of amides is 1. The summed E-state index contributed by atoms with van der Waals surface area (Å²) in [6.07, 6.45) is 7.79. The van der Waals surface area contributed by atoms with E-state index in [9.17, 15) is 4.79 Å². The fourth-order valence-corrected chi connectivity index (χ4v) is 5.59. The second kappa shape index (κ2) is 6.56. The van der Waals surface area contributed by atoms with Gasteiger partial charge in [-0.25, -0.2) is 0 Å². The van der Waals surface area contributed by atoms with Crippen molar-refractivity contribution in [3.05, 3.63) is 22.4 Å². The maximum atomic E-state index is 12.4. The Bertz CT molecular complexity index is 530. The van der Waals surface area contributed by atoms with Gasteiger partial charge in [0.2, 0.25) is 5.91 Å². The molecule has 1 aliphatic carbocycles. The van der Waals surface area contributed by atoms with Crippen molar-refractivity contribution in [2.24, 2.45) is 5.41 Å². The lowest BCUT2D eigenvalue weighted by molar-refractivity contribution is -0.127. The lowest BCUT2D eigenvalue weighted by atomic mass is 9.66. The van der Waals surface area contributed by atoms with E-state index < -0.39 is 0 Å². The maximum Gasteiger partial charge on any atom is 0.223 e. The highest BCUT2D eigenvalue weighted by atomic mass is 32.1. The Morgan fingerprint density at radius 2 is 2.00 bits per heavy atom. The third-order valence-corrected chi connectivity index (χ3v) is 7.22. The van der Waals surface area contributed by atoms with Crippen molar-refractivity contribution in [3.8, 4) is 0 Å². The number of likely N-dealkylation sites (tertiary alicyclic amines) is 1. The highest BCUT2D eigenvalue weighted by Gasteiger charge is 2.50. The standard InChI is InChI=1S/C19H30N2OS/c1-4-5-12-21-15-18(14-17(21)22)8-10-19(11-9-18,20(2)3)16-7-6-13-23-16/h6-7,13H,4-5,8-12,14-15H2,1-3H3. The average Bonchev–Trinajstić information content (AvgIpc) is 3.15. The summed E-state index contributed by atoms with van der Waals surface area (Å²) in [6.45, 7) is 4.16. The van der Waals surface area contributed by atoms with Crippen molar-refractivity contribution >= 4 is 17.2 Å². The number of carbonyl (C=O) groups is 1. The fourth-order valence-electron chi connectivity index (χ4n) is 4.52. The van der Waals surface area contributed by atoms with Gasteiger partial charge in [0.05, 0.1) is 5.54 Å². The van der Waals surface area contributed by atoms with Crippen molar-refractivity contribution < 1.29 is 4.79 Å². The van der Waals surface area contributed by atoms with E-state index in [4.69, 9.17) is 0 Å². The van der Waals surface area contributed by atoms with Crippen LogP contribution in [-0.2, 0) is 10.3 Å². The molecule has 0 unspecified atom stereocenters. The zero-order chi connectivity index (χ0) is 16.5. The zero-order valence-corrected chi connectivity index (χ0v) is 15.6. The van der Waals surface area contributed by atoms with E-state index in [1.165, 1.54) is 37.0 Å². The summed E-state index contributed by atoms with van der Waals surface area (Å²) in [5.74, 6) is 0.395. The van der Waals surface area contributed by atoms with Crippen molar-refractivity contribution in [1.82, 2.24) is 9.80 Å². The molecule has 0 aromatic carbocycles. The maximum absolute atomic E-state index is 12.4. The van der Waals surface area contributed by atoms with Gasteiger partial charge in [0.25, 0.3) is 0 Å². The van der Waals surface area contributed by atoms with Crippen LogP contribution in [-0.4, -0.2) is 42.9 Å². The summed E-state index contributed by atoms with van der Waals surface area (Å²) in [4.78, 5) is 18.4. The predicted octanol–water partition coefficient (Wildman–Crippen LogP) is 4.10. The van der Waals surface area contributed by atoms with Crippen LogP contribution in [0.15, 0.2) is 17.5 Å². The van der Waals surface area contributed by atoms with Crippen molar-refractivity contribution in [1.29, 1.82) is 0 Å². The van der Waals surface area contributed by atoms with Gasteiger partial charge in [0, 0.05) is 24.4 Å². The minimum Gasteiger partial charge on any atom is -0.342 e. The van der Waals surface area contributed by atoms with Crippen LogP contribution in [0.4, 0.5) is 0 Å². The molecule has 0 bridgehead atoms. The molecule has 1 amide bonds. The van der Waals surface area contributed by atoms with Gasteiger partial charge in [-0.1, -0.05) is 19.4 Å². The second-order valence-corrected chi connectivity index (χ2v) is 8.70. The van der Waals surface area contributed by atoms with Crippen LogP contribution < -0.4 is 0 Å². The minimum absolute atomic E-state index is 0.180. The molecule has 1 aromatic heterocycles. The smallest absolute Gasteiger partial charge is 0.223 e. The molecule has 23 heavy (non-hydrogen) atoms. The summed E-state index contributed by atoms with van der Waals surface area (Å²) in [5.41, 5.74) is 0.431.